The Balaban J connectivity index is 2.00. The van der Waals surface area contributed by atoms with Gasteiger partial charge in [-0.05, 0) is 19.8 Å². The Morgan fingerprint density at radius 3 is 2.67 bits per heavy atom. The standard InChI is InChI=1S/C10H18N2/c1-2-3-5-8-11-12-9-6-4-7-10-12/h11H,4-10H2,1H3. The molecule has 0 bridgehead atoms. The summed E-state index contributed by atoms with van der Waals surface area (Å²) in [6, 6.07) is 0. The number of nitrogens with zero attached hydrogens (tertiary/aromatic N) is 1. The van der Waals surface area contributed by atoms with Gasteiger partial charge in [-0.1, -0.05) is 6.42 Å². The lowest BCUT2D eigenvalue weighted by atomic mass is 10.2. The number of nitrogens with one attached hydrogen (secondary N) is 1. The average Bonchev–Trinajstić information content (AvgIpc) is 2.14. The van der Waals surface area contributed by atoms with Gasteiger partial charge in [0.1, 0.15) is 0 Å². The molecule has 12 heavy (non-hydrogen) atoms. The molecule has 1 N–H and O–H groups in total. The molecule has 1 saturated heterocycles. The highest BCUT2D eigenvalue weighted by atomic mass is 15.5. The first-order chi connectivity index (χ1) is 5.93. The largest absolute Gasteiger partial charge is 0.254 e. The molecule has 68 valence electrons. The Hall–Kier alpha value is -0.520. The molecule has 0 aromatic rings. The second-order valence-corrected chi connectivity index (χ2v) is 3.13. The van der Waals surface area contributed by atoms with E-state index in [-0.39, 0.29) is 0 Å². The molecule has 0 aliphatic carbocycles. The first-order valence-electron chi connectivity index (χ1n) is 4.81. The molecule has 0 atom stereocenters. The molecule has 1 aliphatic rings. The first-order valence-corrected chi connectivity index (χ1v) is 4.81. The SMILES string of the molecule is CC#CCCNN1CCCCC1. The summed E-state index contributed by atoms with van der Waals surface area (Å²) in [5.74, 6) is 5.95. The normalized spacial score (nSPS) is 18.4. The molecule has 1 fully saturated rings. The van der Waals surface area contributed by atoms with Crippen molar-refractivity contribution in [1.82, 2.24) is 10.4 Å². The van der Waals surface area contributed by atoms with Crippen LogP contribution in [-0.4, -0.2) is 24.6 Å². The molecule has 0 aromatic carbocycles. The van der Waals surface area contributed by atoms with Crippen molar-refractivity contribution in [2.45, 2.75) is 32.6 Å². The molecule has 2 heteroatoms. The lowest BCUT2D eigenvalue weighted by Crippen LogP contribution is -2.41. The lowest BCUT2D eigenvalue weighted by molar-refractivity contribution is 0.156. The molecule has 0 aromatic heterocycles. The lowest BCUT2D eigenvalue weighted by Gasteiger charge is -2.26. The van der Waals surface area contributed by atoms with Gasteiger partial charge in [-0.2, -0.15) is 0 Å². The van der Waals surface area contributed by atoms with Crippen molar-refractivity contribution in [2.24, 2.45) is 0 Å². The maximum Gasteiger partial charge on any atom is 0.0228 e. The monoisotopic (exact) mass is 166 g/mol. The van der Waals surface area contributed by atoms with Crippen LogP contribution in [0, 0.1) is 11.8 Å². The summed E-state index contributed by atoms with van der Waals surface area (Å²) in [5, 5.41) is 2.32. The van der Waals surface area contributed by atoms with Gasteiger partial charge in [-0.15, -0.1) is 11.8 Å². The minimum atomic E-state index is 0.965. The molecule has 0 amide bonds. The summed E-state index contributed by atoms with van der Waals surface area (Å²) in [6.07, 6.45) is 5.04. The van der Waals surface area contributed by atoms with Crippen molar-refractivity contribution in [2.75, 3.05) is 19.6 Å². The molecule has 1 heterocycles. The highest BCUT2D eigenvalue weighted by Gasteiger charge is 2.07. The maximum atomic E-state index is 3.39. The van der Waals surface area contributed by atoms with Gasteiger partial charge in [0, 0.05) is 26.1 Å². The van der Waals surface area contributed by atoms with E-state index in [9.17, 15) is 0 Å². The van der Waals surface area contributed by atoms with Crippen molar-refractivity contribution in [1.29, 1.82) is 0 Å². The van der Waals surface area contributed by atoms with Crippen molar-refractivity contribution >= 4 is 0 Å². The summed E-state index contributed by atoms with van der Waals surface area (Å²) in [7, 11) is 0. The van der Waals surface area contributed by atoms with E-state index < -0.39 is 0 Å². The highest BCUT2D eigenvalue weighted by molar-refractivity contribution is 4.94. The Morgan fingerprint density at radius 2 is 2.00 bits per heavy atom. The van der Waals surface area contributed by atoms with E-state index in [0.717, 1.165) is 13.0 Å². The van der Waals surface area contributed by atoms with Crippen molar-refractivity contribution < 1.29 is 0 Å². The van der Waals surface area contributed by atoms with Crippen LogP contribution in [-0.2, 0) is 0 Å². The van der Waals surface area contributed by atoms with Gasteiger partial charge in [-0.3, -0.25) is 5.43 Å². The number of rotatable bonds is 3. The Kier molecular flexibility index (Phi) is 4.82. The van der Waals surface area contributed by atoms with Crippen LogP contribution in [0.15, 0.2) is 0 Å². The van der Waals surface area contributed by atoms with E-state index >= 15 is 0 Å². The summed E-state index contributed by atoms with van der Waals surface area (Å²) < 4.78 is 0. The van der Waals surface area contributed by atoms with Gasteiger partial charge in [0.2, 0.25) is 0 Å². The van der Waals surface area contributed by atoms with Gasteiger partial charge in [0.15, 0.2) is 0 Å². The molecular formula is C10H18N2. The number of hydrogen-bond donors (Lipinski definition) is 1. The zero-order chi connectivity index (χ0) is 8.65. The van der Waals surface area contributed by atoms with E-state index in [0.29, 0.717) is 0 Å². The molecule has 0 saturated carbocycles. The van der Waals surface area contributed by atoms with Gasteiger partial charge < -0.3 is 0 Å². The minimum Gasteiger partial charge on any atom is -0.254 e. The third-order valence-corrected chi connectivity index (χ3v) is 2.12. The van der Waals surface area contributed by atoms with Crippen LogP contribution in [0.2, 0.25) is 0 Å². The van der Waals surface area contributed by atoms with E-state index in [1.807, 2.05) is 6.92 Å². The molecule has 1 aliphatic heterocycles. The van der Waals surface area contributed by atoms with Crippen LogP contribution >= 0.6 is 0 Å². The van der Waals surface area contributed by atoms with Gasteiger partial charge >= 0.3 is 0 Å². The second-order valence-electron chi connectivity index (χ2n) is 3.13. The third kappa shape index (κ3) is 3.75. The van der Waals surface area contributed by atoms with Crippen molar-refractivity contribution in [3.8, 4) is 11.8 Å². The summed E-state index contributed by atoms with van der Waals surface area (Å²) >= 11 is 0. The predicted octanol–water partition coefficient (Wildman–Crippen LogP) is 1.39. The van der Waals surface area contributed by atoms with E-state index in [1.165, 1.54) is 32.4 Å². The fourth-order valence-electron chi connectivity index (χ4n) is 1.45. The molecule has 0 spiro atoms. The van der Waals surface area contributed by atoms with Crippen molar-refractivity contribution in [3.63, 3.8) is 0 Å². The quantitative estimate of drug-likeness (QED) is 0.503. The minimum absolute atomic E-state index is 0.965. The van der Waals surface area contributed by atoms with E-state index in [4.69, 9.17) is 0 Å². The molecule has 0 radical (unpaired) electrons. The third-order valence-electron chi connectivity index (χ3n) is 2.12. The van der Waals surface area contributed by atoms with Crippen molar-refractivity contribution in [3.05, 3.63) is 0 Å². The smallest absolute Gasteiger partial charge is 0.0228 e. The Bertz CT molecular complexity index is 160. The fourth-order valence-corrected chi connectivity index (χ4v) is 1.45. The Labute approximate surface area is 75.3 Å². The summed E-state index contributed by atoms with van der Waals surface area (Å²) in [5.41, 5.74) is 3.39. The summed E-state index contributed by atoms with van der Waals surface area (Å²) in [4.78, 5) is 0. The maximum absolute atomic E-state index is 3.39. The second kappa shape index (κ2) is 6.05. The van der Waals surface area contributed by atoms with Gasteiger partial charge in [0.05, 0.1) is 0 Å². The van der Waals surface area contributed by atoms with E-state index in [1.54, 1.807) is 0 Å². The molecule has 2 nitrogen and oxygen atoms in total. The van der Waals surface area contributed by atoms with Crippen LogP contribution in [0.5, 0.6) is 0 Å². The first kappa shape index (κ1) is 9.57. The molecule has 1 rings (SSSR count). The molecule has 0 unspecified atom stereocenters. The fraction of sp³-hybridized carbons (Fsp3) is 0.800. The van der Waals surface area contributed by atoms with Crippen LogP contribution in [0.25, 0.3) is 0 Å². The summed E-state index contributed by atoms with van der Waals surface area (Å²) in [6.45, 7) is 5.31. The zero-order valence-electron chi connectivity index (χ0n) is 7.90. The molecular weight excluding hydrogens is 148 g/mol. The predicted molar refractivity (Wildman–Crippen MR) is 51.5 cm³/mol. The van der Waals surface area contributed by atoms with E-state index in [2.05, 4.69) is 22.3 Å². The highest BCUT2D eigenvalue weighted by Crippen LogP contribution is 2.05. The number of hydrazine groups is 1. The Morgan fingerprint density at radius 1 is 1.25 bits per heavy atom. The number of hydrogen-bond acceptors (Lipinski definition) is 2. The van der Waals surface area contributed by atoms with Gasteiger partial charge in [0.25, 0.3) is 0 Å². The average molecular weight is 166 g/mol. The van der Waals surface area contributed by atoms with Crippen LogP contribution in [0.1, 0.15) is 32.6 Å². The van der Waals surface area contributed by atoms with Crippen LogP contribution in [0.3, 0.4) is 0 Å². The van der Waals surface area contributed by atoms with Crippen LogP contribution < -0.4 is 5.43 Å². The topological polar surface area (TPSA) is 15.3 Å². The van der Waals surface area contributed by atoms with Gasteiger partial charge in [-0.25, -0.2) is 5.01 Å². The number of piperidine rings is 1. The van der Waals surface area contributed by atoms with Crippen LogP contribution in [0.4, 0.5) is 0 Å². The zero-order valence-corrected chi connectivity index (χ0v) is 7.90.